The smallest absolute Gasteiger partial charge is 0.246 e. The summed E-state index contributed by atoms with van der Waals surface area (Å²) in [4.78, 5) is 14.2. The van der Waals surface area contributed by atoms with Gasteiger partial charge < -0.3 is 9.15 Å². The first-order valence-corrected chi connectivity index (χ1v) is 12.4. The number of aromatic nitrogens is 5. The quantitative estimate of drug-likeness (QED) is 0.372. The molecule has 188 valence electrons. The topological polar surface area (TPSA) is 86.8 Å². The van der Waals surface area contributed by atoms with E-state index in [4.69, 9.17) is 19.1 Å². The van der Waals surface area contributed by atoms with Gasteiger partial charge in [0.2, 0.25) is 5.89 Å². The minimum Gasteiger partial charge on any atom is -0.443 e. The van der Waals surface area contributed by atoms with E-state index in [2.05, 4.69) is 36.0 Å². The molecule has 1 aliphatic heterocycles. The maximum atomic E-state index is 14.5. The van der Waals surface area contributed by atoms with Crippen molar-refractivity contribution >= 4 is 0 Å². The fraction of sp³-hybridized carbons (Fsp3) is 0.393. The third kappa shape index (κ3) is 2.91. The maximum Gasteiger partial charge on any atom is 0.246 e. The third-order valence-electron chi connectivity index (χ3n) is 8.86. The number of hydrogen-bond donors (Lipinski definition) is 0. The van der Waals surface area contributed by atoms with Crippen LogP contribution in [0.1, 0.15) is 62.2 Å². The van der Waals surface area contributed by atoms with Gasteiger partial charge in [0.05, 0.1) is 58.6 Å². The molecule has 3 aliphatic rings. The standard InChI is InChI=1S/C28H25F2N5O2/c1-26(2)16-7-8-28(26,24-15(16)9-19(34-35-24)23-17(29)5-4-6-18(23)30)21-11-31-10-20(32-21)25-33-22(12-37-25)27(3)13-36-14-27/h4-6,9-12,16H,7-8,13-14H2,1-3H3/t16-,28-/m0/s1. The van der Waals surface area contributed by atoms with E-state index in [0.717, 1.165) is 35.5 Å². The number of fused-ring (bicyclic) bond motifs is 5. The minimum absolute atomic E-state index is 0.143. The van der Waals surface area contributed by atoms with Gasteiger partial charge in [0.1, 0.15) is 23.6 Å². The molecule has 0 spiro atoms. The Labute approximate surface area is 212 Å². The van der Waals surface area contributed by atoms with Crippen LogP contribution in [-0.2, 0) is 15.6 Å². The summed E-state index contributed by atoms with van der Waals surface area (Å²) in [6.45, 7) is 7.71. The van der Waals surface area contributed by atoms with E-state index in [-0.39, 0.29) is 28.0 Å². The Morgan fingerprint density at radius 2 is 1.73 bits per heavy atom. The van der Waals surface area contributed by atoms with Gasteiger partial charge in [0.25, 0.3) is 0 Å². The molecule has 2 atom stereocenters. The molecule has 1 saturated heterocycles. The summed E-state index contributed by atoms with van der Waals surface area (Å²) in [7, 11) is 0. The van der Waals surface area contributed by atoms with Crippen LogP contribution < -0.4 is 0 Å². The largest absolute Gasteiger partial charge is 0.443 e. The summed E-state index contributed by atoms with van der Waals surface area (Å²) in [6.07, 6.45) is 6.82. The van der Waals surface area contributed by atoms with E-state index in [1.807, 2.05) is 0 Å². The predicted molar refractivity (Wildman–Crippen MR) is 130 cm³/mol. The molecule has 3 aromatic heterocycles. The molecule has 2 fully saturated rings. The van der Waals surface area contributed by atoms with Crippen LogP contribution >= 0.6 is 0 Å². The first kappa shape index (κ1) is 22.6. The molecule has 0 amide bonds. The van der Waals surface area contributed by atoms with Crippen molar-refractivity contribution in [2.45, 2.75) is 50.4 Å². The molecule has 2 bridgehead atoms. The Morgan fingerprint density at radius 1 is 0.946 bits per heavy atom. The molecule has 9 heteroatoms. The first-order valence-electron chi connectivity index (χ1n) is 12.4. The van der Waals surface area contributed by atoms with Gasteiger partial charge >= 0.3 is 0 Å². The molecule has 1 saturated carbocycles. The van der Waals surface area contributed by atoms with Crippen LogP contribution in [0.4, 0.5) is 8.78 Å². The van der Waals surface area contributed by atoms with Gasteiger partial charge in [-0.2, -0.15) is 5.10 Å². The highest BCUT2D eigenvalue weighted by Gasteiger charge is 2.65. The monoisotopic (exact) mass is 501 g/mol. The number of halogens is 2. The fourth-order valence-corrected chi connectivity index (χ4v) is 6.66. The summed E-state index contributed by atoms with van der Waals surface area (Å²) in [5.41, 5.74) is 3.02. The Bertz CT molecular complexity index is 1540. The lowest BCUT2D eigenvalue weighted by atomic mass is 9.66. The number of rotatable bonds is 4. The van der Waals surface area contributed by atoms with Crippen LogP contribution in [0.15, 0.2) is 47.3 Å². The third-order valence-corrected chi connectivity index (χ3v) is 8.86. The van der Waals surface area contributed by atoms with Crippen LogP contribution in [0.5, 0.6) is 0 Å². The van der Waals surface area contributed by atoms with Crippen LogP contribution in [0.25, 0.3) is 22.8 Å². The van der Waals surface area contributed by atoms with Crippen molar-refractivity contribution < 1.29 is 17.9 Å². The lowest BCUT2D eigenvalue weighted by Crippen LogP contribution is -2.44. The molecule has 2 aliphatic carbocycles. The number of ether oxygens (including phenoxy) is 1. The molecule has 1 aromatic carbocycles. The van der Waals surface area contributed by atoms with Gasteiger partial charge in [-0.1, -0.05) is 19.9 Å². The zero-order valence-corrected chi connectivity index (χ0v) is 20.8. The Morgan fingerprint density at radius 3 is 2.46 bits per heavy atom. The first-order chi connectivity index (χ1) is 17.7. The summed E-state index contributed by atoms with van der Waals surface area (Å²) < 4.78 is 40.2. The Kier molecular flexibility index (Phi) is 4.56. The van der Waals surface area contributed by atoms with Crippen LogP contribution in [-0.4, -0.2) is 38.4 Å². The van der Waals surface area contributed by atoms with Crippen molar-refractivity contribution in [3.8, 4) is 22.8 Å². The highest BCUT2D eigenvalue weighted by molar-refractivity contribution is 5.64. The second kappa shape index (κ2) is 7.47. The SMILES string of the molecule is CC1(c2coc(-c3cncc([C@@]45CC[C@@H](c6cc(-c7c(F)cccc7F)nnc64)C5(C)C)n3)n2)COC1. The van der Waals surface area contributed by atoms with Crippen molar-refractivity contribution in [3.05, 3.63) is 77.2 Å². The zero-order chi connectivity index (χ0) is 25.6. The average molecular weight is 502 g/mol. The highest BCUT2D eigenvalue weighted by Crippen LogP contribution is 2.69. The number of benzene rings is 1. The molecule has 0 radical (unpaired) electrons. The molecule has 37 heavy (non-hydrogen) atoms. The number of nitrogens with zero attached hydrogens (tertiary/aromatic N) is 5. The minimum atomic E-state index is -0.655. The molecule has 4 aromatic rings. The molecule has 7 rings (SSSR count). The van der Waals surface area contributed by atoms with E-state index in [9.17, 15) is 8.78 Å². The van der Waals surface area contributed by atoms with E-state index in [1.165, 1.54) is 18.2 Å². The maximum absolute atomic E-state index is 14.5. The summed E-state index contributed by atoms with van der Waals surface area (Å²) in [5.74, 6) is -0.755. The fourth-order valence-electron chi connectivity index (χ4n) is 6.66. The van der Waals surface area contributed by atoms with Crippen molar-refractivity contribution in [2.75, 3.05) is 13.2 Å². The van der Waals surface area contributed by atoms with Gasteiger partial charge in [-0.25, -0.2) is 18.7 Å². The molecule has 7 nitrogen and oxygen atoms in total. The van der Waals surface area contributed by atoms with E-state index >= 15 is 0 Å². The van der Waals surface area contributed by atoms with Crippen molar-refractivity contribution in [1.29, 1.82) is 0 Å². The number of hydrogen-bond acceptors (Lipinski definition) is 7. The van der Waals surface area contributed by atoms with Gasteiger partial charge in [0.15, 0.2) is 0 Å². The summed E-state index contributed by atoms with van der Waals surface area (Å²) >= 11 is 0. The van der Waals surface area contributed by atoms with Gasteiger partial charge in [-0.05, 0) is 54.9 Å². The van der Waals surface area contributed by atoms with E-state index < -0.39 is 17.0 Å². The molecular formula is C28H25F2N5O2. The van der Waals surface area contributed by atoms with E-state index in [0.29, 0.717) is 24.8 Å². The average Bonchev–Trinajstić information content (AvgIpc) is 3.51. The van der Waals surface area contributed by atoms with Crippen LogP contribution in [0.3, 0.4) is 0 Å². The van der Waals surface area contributed by atoms with Gasteiger partial charge in [-0.15, -0.1) is 5.10 Å². The predicted octanol–water partition coefficient (Wildman–Crippen LogP) is 5.36. The van der Waals surface area contributed by atoms with Gasteiger partial charge in [-0.3, -0.25) is 4.98 Å². The van der Waals surface area contributed by atoms with Crippen LogP contribution in [0, 0.1) is 17.0 Å². The molecule has 4 heterocycles. The Hall–Kier alpha value is -3.59. The van der Waals surface area contributed by atoms with Crippen molar-refractivity contribution in [2.24, 2.45) is 5.41 Å². The van der Waals surface area contributed by atoms with Crippen molar-refractivity contribution in [3.63, 3.8) is 0 Å². The van der Waals surface area contributed by atoms with E-state index in [1.54, 1.807) is 24.7 Å². The second-order valence-electron chi connectivity index (χ2n) is 11.2. The lowest BCUT2D eigenvalue weighted by Gasteiger charge is -2.37. The van der Waals surface area contributed by atoms with Gasteiger partial charge in [0, 0.05) is 6.20 Å². The second-order valence-corrected chi connectivity index (χ2v) is 11.2. The van der Waals surface area contributed by atoms with Crippen molar-refractivity contribution in [1.82, 2.24) is 25.1 Å². The number of oxazole rings is 1. The lowest BCUT2D eigenvalue weighted by molar-refractivity contribution is -0.0521. The molecule has 0 unspecified atom stereocenters. The molecular weight excluding hydrogens is 476 g/mol. The normalized spacial score (nSPS) is 24.6. The van der Waals surface area contributed by atoms with Crippen LogP contribution in [0.2, 0.25) is 0 Å². The summed E-state index contributed by atoms with van der Waals surface area (Å²) in [5, 5.41) is 8.90. The zero-order valence-electron chi connectivity index (χ0n) is 20.8. The molecule has 0 N–H and O–H groups in total. The summed E-state index contributed by atoms with van der Waals surface area (Å²) in [6, 6.07) is 5.62. The Balaban J connectivity index is 1.33. The highest BCUT2D eigenvalue weighted by atomic mass is 19.1.